The molecule has 1 N–H and O–H groups in total. The van der Waals surface area contributed by atoms with E-state index in [-0.39, 0.29) is 0 Å². The highest BCUT2D eigenvalue weighted by atomic mass is 16.4. The van der Waals surface area contributed by atoms with E-state index in [1.807, 2.05) is 19.1 Å². The highest BCUT2D eigenvalue weighted by molar-refractivity contribution is 5.89. The maximum atomic E-state index is 11.0. The van der Waals surface area contributed by atoms with Crippen LogP contribution in [0, 0.1) is 0 Å². The molecule has 0 aromatic heterocycles. The van der Waals surface area contributed by atoms with Crippen LogP contribution >= 0.6 is 0 Å². The molecule has 1 aromatic rings. The first-order chi connectivity index (χ1) is 8.69. The summed E-state index contributed by atoms with van der Waals surface area (Å²) in [5, 5.41) is 9.04. The Kier molecular flexibility index (Phi) is 6.20. The predicted octanol–water partition coefficient (Wildman–Crippen LogP) is 4.54. The number of hydrogen-bond donors (Lipinski definition) is 1. The average Bonchev–Trinajstić information content (AvgIpc) is 2.38. The third kappa shape index (κ3) is 4.36. The number of carboxylic acids is 1. The van der Waals surface area contributed by atoms with Crippen LogP contribution in [0.1, 0.15) is 61.0 Å². The van der Waals surface area contributed by atoms with Crippen LogP contribution in [0.2, 0.25) is 0 Å². The third-order valence-corrected chi connectivity index (χ3v) is 3.03. The second kappa shape index (κ2) is 7.70. The Morgan fingerprint density at radius 1 is 1.28 bits per heavy atom. The van der Waals surface area contributed by atoms with Crippen molar-refractivity contribution in [2.75, 3.05) is 0 Å². The van der Waals surface area contributed by atoms with Gasteiger partial charge in [0, 0.05) is 0 Å². The minimum Gasteiger partial charge on any atom is -0.478 e. The van der Waals surface area contributed by atoms with E-state index < -0.39 is 5.97 Å². The van der Waals surface area contributed by atoms with E-state index >= 15 is 0 Å². The molecule has 0 aliphatic rings. The summed E-state index contributed by atoms with van der Waals surface area (Å²) in [4.78, 5) is 11.0. The molecule has 1 rings (SSSR count). The summed E-state index contributed by atoms with van der Waals surface area (Å²) in [5.74, 6) is -0.842. The fourth-order valence-electron chi connectivity index (χ4n) is 1.95. The summed E-state index contributed by atoms with van der Waals surface area (Å²) in [7, 11) is 0. The highest BCUT2D eigenvalue weighted by Crippen LogP contribution is 2.15. The highest BCUT2D eigenvalue weighted by Gasteiger charge is 2.07. The summed E-state index contributed by atoms with van der Waals surface area (Å²) in [6.45, 7) is 4.18. The van der Waals surface area contributed by atoms with Gasteiger partial charge >= 0.3 is 5.97 Å². The Balaban J connectivity index is 2.70. The van der Waals surface area contributed by atoms with Gasteiger partial charge in [-0.15, -0.1) is 0 Å². The standard InChI is InChI=1S/C16H22O2/c1-3-5-6-7-8-9-13-10-11-15(16(17)18)14(4-2)12-13/h8-12H,3-7H2,1-2H3,(H,17,18). The molecule has 2 heteroatoms. The van der Waals surface area contributed by atoms with E-state index in [4.69, 9.17) is 5.11 Å². The molecule has 0 fully saturated rings. The minimum absolute atomic E-state index is 0.417. The third-order valence-electron chi connectivity index (χ3n) is 3.03. The first kappa shape index (κ1) is 14.5. The van der Waals surface area contributed by atoms with Gasteiger partial charge in [-0.05, 0) is 36.5 Å². The molecule has 18 heavy (non-hydrogen) atoms. The molecule has 0 atom stereocenters. The number of aromatic carboxylic acids is 1. The molecule has 0 heterocycles. The summed E-state index contributed by atoms with van der Waals surface area (Å²) in [6.07, 6.45) is 9.82. The van der Waals surface area contributed by atoms with Gasteiger partial charge in [0.2, 0.25) is 0 Å². The summed E-state index contributed by atoms with van der Waals surface area (Å²) >= 11 is 0. The molecule has 0 saturated heterocycles. The van der Waals surface area contributed by atoms with Crippen molar-refractivity contribution in [3.05, 3.63) is 41.0 Å². The predicted molar refractivity (Wildman–Crippen MR) is 76.0 cm³/mol. The molecule has 98 valence electrons. The molecule has 0 amide bonds. The Bertz CT molecular complexity index is 419. The molecule has 0 aliphatic carbocycles. The van der Waals surface area contributed by atoms with Gasteiger partial charge in [0.1, 0.15) is 0 Å². The number of carbonyl (C=O) groups is 1. The number of unbranched alkanes of at least 4 members (excludes halogenated alkanes) is 3. The van der Waals surface area contributed by atoms with Gasteiger partial charge in [0.05, 0.1) is 5.56 Å². The van der Waals surface area contributed by atoms with Gasteiger partial charge in [-0.1, -0.05) is 51.0 Å². The molecular formula is C16H22O2. The zero-order valence-corrected chi connectivity index (χ0v) is 11.3. The fourth-order valence-corrected chi connectivity index (χ4v) is 1.95. The van der Waals surface area contributed by atoms with Crippen molar-refractivity contribution in [3.8, 4) is 0 Å². The number of hydrogen-bond acceptors (Lipinski definition) is 1. The Morgan fingerprint density at radius 2 is 2.06 bits per heavy atom. The van der Waals surface area contributed by atoms with E-state index in [2.05, 4.69) is 19.1 Å². The van der Waals surface area contributed by atoms with Crippen LogP contribution in [0.3, 0.4) is 0 Å². The average molecular weight is 246 g/mol. The Labute approximate surface area is 109 Å². The second-order valence-electron chi connectivity index (χ2n) is 4.47. The summed E-state index contributed by atoms with van der Waals surface area (Å²) in [5.41, 5.74) is 2.41. The van der Waals surface area contributed by atoms with Crippen LogP contribution in [-0.4, -0.2) is 11.1 Å². The van der Waals surface area contributed by atoms with E-state index in [0.717, 1.165) is 24.0 Å². The summed E-state index contributed by atoms with van der Waals surface area (Å²) < 4.78 is 0. The van der Waals surface area contributed by atoms with Crippen LogP contribution < -0.4 is 0 Å². The molecule has 1 aromatic carbocycles. The lowest BCUT2D eigenvalue weighted by molar-refractivity contribution is 0.0696. The van der Waals surface area contributed by atoms with Gasteiger partial charge < -0.3 is 5.11 Å². The van der Waals surface area contributed by atoms with Crippen LogP contribution in [0.15, 0.2) is 24.3 Å². The first-order valence-electron chi connectivity index (χ1n) is 6.71. The largest absolute Gasteiger partial charge is 0.478 e. The molecular weight excluding hydrogens is 224 g/mol. The van der Waals surface area contributed by atoms with Gasteiger partial charge in [-0.3, -0.25) is 0 Å². The maximum absolute atomic E-state index is 11.0. The maximum Gasteiger partial charge on any atom is 0.335 e. The SMILES string of the molecule is CCCCCC=Cc1ccc(C(=O)O)c(CC)c1. The van der Waals surface area contributed by atoms with Crippen molar-refractivity contribution in [2.45, 2.75) is 46.0 Å². The summed E-state index contributed by atoms with van der Waals surface area (Å²) in [6, 6.07) is 5.55. The topological polar surface area (TPSA) is 37.3 Å². The van der Waals surface area contributed by atoms with E-state index in [1.54, 1.807) is 6.07 Å². The zero-order valence-electron chi connectivity index (χ0n) is 11.3. The number of carboxylic acid groups (broad SMARTS) is 1. The van der Waals surface area contributed by atoms with Crippen molar-refractivity contribution < 1.29 is 9.90 Å². The van der Waals surface area contributed by atoms with Crippen molar-refractivity contribution >= 4 is 12.0 Å². The lowest BCUT2D eigenvalue weighted by Gasteiger charge is -2.04. The molecule has 0 unspecified atom stereocenters. The molecule has 0 radical (unpaired) electrons. The number of benzene rings is 1. The Hall–Kier alpha value is -1.57. The Morgan fingerprint density at radius 3 is 2.67 bits per heavy atom. The van der Waals surface area contributed by atoms with Crippen LogP contribution in [0.25, 0.3) is 6.08 Å². The van der Waals surface area contributed by atoms with Gasteiger partial charge in [-0.25, -0.2) is 4.79 Å². The first-order valence-corrected chi connectivity index (χ1v) is 6.71. The number of aryl methyl sites for hydroxylation is 1. The van der Waals surface area contributed by atoms with Gasteiger partial charge in [0.15, 0.2) is 0 Å². The van der Waals surface area contributed by atoms with Gasteiger partial charge in [0.25, 0.3) is 0 Å². The monoisotopic (exact) mass is 246 g/mol. The minimum atomic E-state index is -0.842. The van der Waals surface area contributed by atoms with Crippen LogP contribution in [-0.2, 0) is 6.42 Å². The van der Waals surface area contributed by atoms with E-state index in [0.29, 0.717) is 5.56 Å². The van der Waals surface area contributed by atoms with Gasteiger partial charge in [-0.2, -0.15) is 0 Å². The molecule has 2 nitrogen and oxygen atoms in total. The smallest absolute Gasteiger partial charge is 0.335 e. The van der Waals surface area contributed by atoms with Crippen molar-refractivity contribution in [1.82, 2.24) is 0 Å². The lowest BCUT2D eigenvalue weighted by atomic mass is 10.0. The van der Waals surface area contributed by atoms with Crippen LogP contribution in [0.5, 0.6) is 0 Å². The lowest BCUT2D eigenvalue weighted by Crippen LogP contribution is -2.01. The number of rotatable bonds is 7. The molecule has 0 saturated carbocycles. The molecule has 0 spiro atoms. The zero-order chi connectivity index (χ0) is 13.4. The normalized spacial score (nSPS) is 11.0. The number of allylic oxidation sites excluding steroid dienone is 1. The molecule has 0 aliphatic heterocycles. The van der Waals surface area contributed by atoms with Crippen molar-refractivity contribution in [3.63, 3.8) is 0 Å². The molecule has 0 bridgehead atoms. The second-order valence-corrected chi connectivity index (χ2v) is 4.47. The van der Waals surface area contributed by atoms with E-state index in [9.17, 15) is 4.79 Å². The van der Waals surface area contributed by atoms with Crippen LogP contribution in [0.4, 0.5) is 0 Å². The van der Waals surface area contributed by atoms with Crippen molar-refractivity contribution in [2.24, 2.45) is 0 Å². The fraction of sp³-hybridized carbons (Fsp3) is 0.438. The van der Waals surface area contributed by atoms with Crippen molar-refractivity contribution in [1.29, 1.82) is 0 Å². The van der Waals surface area contributed by atoms with E-state index in [1.165, 1.54) is 19.3 Å². The quantitative estimate of drug-likeness (QED) is 0.717.